The molecule has 0 radical (unpaired) electrons. The number of rotatable bonds is 10. The summed E-state index contributed by atoms with van der Waals surface area (Å²) in [6.45, 7) is 6.59. The summed E-state index contributed by atoms with van der Waals surface area (Å²) in [6, 6.07) is 13.6. The number of nitrogens with zero attached hydrogens (tertiary/aromatic N) is 1. The summed E-state index contributed by atoms with van der Waals surface area (Å²) in [5.74, 6) is 0.447. The normalized spacial score (nSPS) is 11.7. The highest BCUT2D eigenvalue weighted by Gasteiger charge is 2.28. The van der Waals surface area contributed by atoms with Crippen molar-refractivity contribution in [2.24, 2.45) is 0 Å². The molecule has 1 N–H and O–H groups in total. The monoisotopic (exact) mass is 416 g/mol. The number of aryl methyl sites for hydroxylation is 1. The second-order valence-corrected chi connectivity index (χ2v) is 7.87. The molecule has 2 rings (SSSR count). The third-order valence-corrected chi connectivity index (χ3v) is 5.71. The van der Waals surface area contributed by atoms with Gasteiger partial charge in [-0.1, -0.05) is 43.3 Å². The molecule has 29 heavy (non-hydrogen) atoms. The Bertz CT molecular complexity index is 811. The largest absolute Gasteiger partial charge is 0.355 e. The van der Waals surface area contributed by atoms with Gasteiger partial charge in [0.05, 0.1) is 5.75 Å². The summed E-state index contributed by atoms with van der Waals surface area (Å²) < 4.78 is 13.2. The lowest BCUT2D eigenvalue weighted by Crippen LogP contribution is -2.49. The van der Waals surface area contributed by atoms with E-state index in [1.165, 1.54) is 23.3 Å². The highest BCUT2D eigenvalue weighted by atomic mass is 32.2. The molecule has 2 aromatic rings. The van der Waals surface area contributed by atoms with E-state index in [2.05, 4.69) is 24.4 Å². The summed E-state index contributed by atoms with van der Waals surface area (Å²) >= 11 is 1.54. The number of hydrogen-bond donors (Lipinski definition) is 1. The predicted octanol–water partition coefficient (Wildman–Crippen LogP) is 4.31. The van der Waals surface area contributed by atoms with Gasteiger partial charge in [0.15, 0.2) is 0 Å². The zero-order chi connectivity index (χ0) is 21.2. The minimum Gasteiger partial charge on any atom is -0.355 e. The van der Waals surface area contributed by atoms with E-state index < -0.39 is 6.04 Å². The number of amides is 2. The average molecular weight is 417 g/mol. The molecule has 0 aliphatic heterocycles. The first-order valence-corrected chi connectivity index (χ1v) is 11.1. The number of likely N-dealkylation sites (N-methyl/N-ethyl adjacent to an activating group) is 1. The number of benzene rings is 2. The quantitative estimate of drug-likeness (QED) is 0.628. The minimum atomic E-state index is -0.549. The van der Waals surface area contributed by atoms with Crippen LogP contribution >= 0.6 is 11.8 Å². The topological polar surface area (TPSA) is 49.4 Å². The molecule has 1 atom stereocenters. The zero-order valence-electron chi connectivity index (χ0n) is 17.3. The first kappa shape index (κ1) is 22.9. The molecule has 0 heterocycles. The van der Waals surface area contributed by atoms with E-state index in [1.807, 2.05) is 26.0 Å². The van der Waals surface area contributed by atoms with Gasteiger partial charge in [0.25, 0.3) is 0 Å². The van der Waals surface area contributed by atoms with Gasteiger partial charge in [-0.3, -0.25) is 9.59 Å². The van der Waals surface area contributed by atoms with E-state index in [4.69, 9.17) is 0 Å². The number of thioether (sulfide) groups is 1. The maximum atomic E-state index is 13.2. The molecule has 4 nitrogen and oxygen atoms in total. The van der Waals surface area contributed by atoms with Crippen molar-refractivity contribution in [2.45, 2.75) is 45.5 Å². The maximum Gasteiger partial charge on any atom is 0.242 e. The standard InChI is InChI=1S/C23H29FN2O2S/c1-4-21(23(28)25-5-2)26(14-18-10-12-20(24)13-11-18)22(27)16-29-15-19-9-7-6-8-17(19)3/h6-13,21H,4-5,14-16H2,1-3H3,(H,25,28). The van der Waals surface area contributed by atoms with Crippen LogP contribution in [0.4, 0.5) is 4.39 Å². The summed E-state index contributed by atoms with van der Waals surface area (Å²) in [5, 5.41) is 2.82. The fourth-order valence-corrected chi connectivity index (χ4v) is 4.09. The van der Waals surface area contributed by atoms with Gasteiger partial charge in [0.2, 0.25) is 11.8 Å². The number of halogens is 1. The fourth-order valence-electron chi connectivity index (χ4n) is 3.10. The van der Waals surface area contributed by atoms with Crippen molar-refractivity contribution in [3.63, 3.8) is 0 Å². The molecule has 0 bridgehead atoms. The molecule has 0 aromatic heterocycles. The lowest BCUT2D eigenvalue weighted by molar-refractivity contribution is -0.139. The third-order valence-electron chi connectivity index (χ3n) is 4.75. The van der Waals surface area contributed by atoms with Crippen LogP contribution in [-0.4, -0.2) is 35.1 Å². The zero-order valence-corrected chi connectivity index (χ0v) is 18.1. The van der Waals surface area contributed by atoms with Gasteiger partial charge >= 0.3 is 0 Å². The van der Waals surface area contributed by atoms with Crippen LogP contribution in [0.25, 0.3) is 0 Å². The molecule has 0 aliphatic carbocycles. The van der Waals surface area contributed by atoms with E-state index in [-0.39, 0.29) is 29.9 Å². The molecule has 0 saturated heterocycles. The maximum absolute atomic E-state index is 13.2. The van der Waals surface area contributed by atoms with Crippen LogP contribution in [0.2, 0.25) is 0 Å². The Morgan fingerprint density at radius 1 is 1.10 bits per heavy atom. The Morgan fingerprint density at radius 2 is 1.79 bits per heavy atom. The van der Waals surface area contributed by atoms with E-state index in [0.29, 0.717) is 13.0 Å². The lowest BCUT2D eigenvalue weighted by atomic mass is 10.1. The number of carbonyl (C=O) groups excluding carboxylic acids is 2. The van der Waals surface area contributed by atoms with Gasteiger partial charge in [0.1, 0.15) is 11.9 Å². The Kier molecular flexibility index (Phi) is 9.19. The van der Waals surface area contributed by atoms with Crippen molar-refractivity contribution < 1.29 is 14.0 Å². The van der Waals surface area contributed by atoms with Gasteiger partial charge in [-0.15, -0.1) is 11.8 Å². The van der Waals surface area contributed by atoms with E-state index in [9.17, 15) is 14.0 Å². The second-order valence-electron chi connectivity index (χ2n) is 6.89. The van der Waals surface area contributed by atoms with E-state index in [0.717, 1.165) is 11.3 Å². The first-order valence-electron chi connectivity index (χ1n) is 9.90. The van der Waals surface area contributed by atoms with Crippen LogP contribution in [0.3, 0.4) is 0 Å². The van der Waals surface area contributed by atoms with Gasteiger partial charge in [-0.2, -0.15) is 0 Å². The van der Waals surface area contributed by atoms with Crippen LogP contribution in [0, 0.1) is 12.7 Å². The van der Waals surface area contributed by atoms with E-state index >= 15 is 0 Å². The van der Waals surface area contributed by atoms with Crippen LogP contribution in [0.1, 0.15) is 37.0 Å². The van der Waals surface area contributed by atoms with Crippen LogP contribution in [0.15, 0.2) is 48.5 Å². The van der Waals surface area contributed by atoms with Crippen molar-refractivity contribution in [1.82, 2.24) is 10.2 Å². The van der Waals surface area contributed by atoms with Crippen molar-refractivity contribution in [3.05, 3.63) is 71.0 Å². The molecule has 0 fully saturated rings. The Morgan fingerprint density at radius 3 is 2.41 bits per heavy atom. The molecular weight excluding hydrogens is 387 g/mol. The lowest BCUT2D eigenvalue weighted by Gasteiger charge is -2.30. The molecule has 0 aliphatic rings. The Balaban J connectivity index is 2.11. The molecule has 156 valence electrons. The summed E-state index contributed by atoms with van der Waals surface area (Å²) in [6.07, 6.45) is 0.515. The second kappa shape index (κ2) is 11.6. The summed E-state index contributed by atoms with van der Waals surface area (Å²) in [7, 11) is 0. The van der Waals surface area contributed by atoms with Crippen LogP contribution < -0.4 is 5.32 Å². The molecular formula is C23H29FN2O2S. The van der Waals surface area contributed by atoms with Crippen molar-refractivity contribution in [3.8, 4) is 0 Å². The highest BCUT2D eigenvalue weighted by molar-refractivity contribution is 7.99. The molecule has 0 saturated carbocycles. The SMILES string of the molecule is CCNC(=O)C(CC)N(Cc1ccc(F)cc1)C(=O)CSCc1ccccc1C. The number of hydrogen-bond acceptors (Lipinski definition) is 3. The Hall–Kier alpha value is -2.34. The molecule has 0 spiro atoms. The fraction of sp³-hybridized carbons (Fsp3) is 0.391. The third kappa shape index (κ3) is 6.89. The van der Waals surface area contributed by atoms with Crippen LogP contribution in [0.5, 0.6) is 0 Å². The van der Waals surface area contributed by atoms with Crippen LogP contribution in [-0.2, 0) is 21.9 Å². The Labute approximate surface area is 176 Å². The average Bonchev–Trinajstić information content (AvgIpc) is 2.71. The molecule has 1 unspecified atom stereocenters. The van der Waals surface area contributed by atoms with Crippen molar-refractivity contribution >= 4 is 23.6 Å². The first-order chi connectivity index (χ1) is 14.0. The molecule has 2 aromatic carbocycles. The minimum absolute atomic E-state index is 0.0917. The summed E-state index contributed by atoms with van der Waals surface area (Å²) in [4.78, 5) is 27.2. The number of carbonyl (C=O) groups is 2. The van der Waals surface area contributed by atoms with Crippen molar-refractivity contribution in [1.29, 1.82) is 0 Å². The van der Waals surface area contributed by atoms with E-state index in [1.54, 1.807) is 28.8 Å². The highest BCUT2D eigenvalue weighted by Crippen LogP contribution is 2.19. The summed E-state index contributed by atoms with van der Waals surface area (Å²) in [5.41, 5.74) is 3.20. The number of nitrogens with one attached hydrogen (secondary N) is 1. The van der Waals surface area contributed by atoms with Gasteiger partial charge in [0, 0.05) is 18.8 Å². The van der Waals surface area contributed by atoms with Crippen molar-refractivity contribution in [2.75, 3.05) is 12.3 Å². The van der Waals surface area contributed by atoms with Gasteiger partial charge in [-0.05, 0) is 49.1 Å². The molecule has 2 amide bonds. The molecule has 6 heteroatoms. The van der Waals surface area contributed by atoms with Gasteiger partial charge in [-0.25, -0.2) is 4.39 Å². The predicted molar refractivity (Wildman–Crippen MR) is 117 cm³/mol. The smallest absolute Gasteiger partial charge is 0.242 e. The van der Waals surface area contributed by atoms with Gasteiger partial charge < -0.3 is 10.2 Å².